The Labute approximate surface area is 358 Å². The number of hydrogen-bond donors (Lipinski definition) is 1. The van der Waals surface area contributed by atoms with Crippen LogP contribution in [-0.2, 0) is 34.5 Å². The Kier molecular flexibility index (Phi) is 16.5. The Balaban J connectivity index is 0.000000231. The number of nitrogens with one attached hydrogen (secondary N) is 1. The number of nitrogens with zero attached hydrogens (tertiary/aromatic N) is 3. The van der Waals surface area contributed by atoms with E-state index in [9.17, 15) is 13.7 Å². The van der Waals surface area contributed by atoms with Crippen LogP contribution in [0.4, 0.5) is 0 Å². The van der Waals surface area contributed by atoms with Crippen LogP contribution in [0.3, 0.4) is 0 Å². The van der Waals surface area contributed by atoms with Gasteiger partial charge in [-0.15, -0.1) is 0 Å². The van der Waals surface area contributed by atoms with Gasteiger partial charge in [0.2, 0.25) is 0 Å². The van der Waals surface area contributed by atoms with E-state index in [4.69, 9.17) is 18.9 Å². The summed E-state index contributed by atoms with van der Waals surface area (Å²) in [5.74, 6) is 3.12. The van der Waals surface area contributed by atoms with Crippen molar-refractivity contribution >= 4 is 20.7 Å². The normalized spacial score (nSPS) is 15.3. The molecule has 1 fully saturated rings. The maximum Gasteiger partial charge on any atom is 0.178 e. The van der Waals surface area contributed by atoms with Crippen molar-refractivity contribution in [2.45, 2.75) is 75.1 Å². The number of methoxy groups -OCH3 is 4. The van der Waals surface area contributed by atoms with Gasteiger partial charge in [-0.05, 0) is 149 Å². The topological polar surface area (TPSA) is 117 Å². The molecule has 4 aromatic carbocycles. The fourth-order valence-electron chi connectivity index (χ4n) is 8.26. The van der Waals surface area contributed by atoms with Gasteiger partial charge in [0.15, 0.2) is 32.8 Å². The van der Waals surface area contributed by atoms with Crippen molar-refractivity contribution in [2.75, 3.05) is 67.9 Å². The van der Waals surface area contributed by atoms with Gasteiger partial charge in [0.05, 0.1) is 50.6 Å². The van der Waals surface area contributed by atoms with Gasteiger partial charge in [0, 0.05) is 29.7 Å². The lowest BCUT2D eigenvalue weighted by atomic mass is 9.69. The zero-order valence-electron chi connectivity index (χ0n) is 36.8. The Bertz CT molecular complexity index is 2290. The van der Waals surface area contributed by atoms with E-state index in [1.54, 1.807) is 52.7 Å². The molecule has 1 aliphatic heterocycles. The number of likely N-dealkylation sites (tertiary alicyclic amines) is 1. The molecule has 322 valence electrons. The first-order valence-electron chi connectivity index (χ1n) is 21.0. The first kappa shape index (κ1) is 46.1. The van der Waals surface area contributed by atoms with E-state index in [-0.39, 0.29) is 11.7 Å². The van der Waals surface area contributed by atoms with Crippen LogP contribution in [0, 0.1) is 17.2 Å². The monoisotopic (exact) mass is 836 g/mol. The third kappa shape index (κ3) is 11.4. The summed E-state index contributed by atoms with van der Waals surface area (Å²) in [6.45, 7) is 7.24. The number of aryl methyl sites for hydroxylation is 1. The molecule has 1 aliphatic rings. The zero-order valence-corrected chi connectivity index (χ0v) is 37.6. The van der Waals surface area contributed by atoms with Gasteiger partial charge >= 0.3 is 0 Å². The molecule has 1 aromatic heterocycles. The highest BCUT2D eigenvalue weighted by atomic mass is 32.2. The second-order valence-corrected chi connectivity index (χ2v) is 18.3. The average Bonchev–Trinajstić information content (AvgIpc) is 3.88. The maximum absolute atomic E-state index is 12.5. The van der Waals surface area contributed by atoms with E-state index in [0.29, 0.717) is 28.9 Å². The van der Waals surface area contributed by atoms with Gasteiger partial charge in [-0.2, -0.15) is 5.26 Å². The summed E-state index contributed by atoms with van der Waals surface area (Å²) in [4.78, 5) is 8.52. The largest absolute Gasteiger partial charge is 0.493 e. The lowest BCUT2D eigenvalue weighted by molar-refractivity contribution is 0.292. The highest BCUT2D eigenvalue weighted by molar-refractivity contribution is 7.91. The van der Waals surface area contributed by atoms with Crippen LogP contribution >= 0.6 is 0 Å². The van der Waals surface area contributed by atoms with Crippen molar-refractivity contribution in [3.05, 3.63) is 113 Å². The van der Waals surface area contributed by atoms with Gasteiger partial charge in [-0.1, -0.05) is 50.2 Å². The van der Waals surface area contributed by atoms with Gasteiger partial charge in [0.25, 0.3) is 0 Å². The summed E-state index contributed by atoms with van der Waals surface area (Å²) in [6, 6.07) is 30.1. The molecule has 1 unspecified atom stereocenters. The van der Waals surface area contributed by atoms with E-state index in [2.05, 4.69) is 73.2 Å². The SMILES string of the molecule is CN1CCC[C@@H]1Cc1c[nH]c2ccc(CCS(=O)(=O)c3ccccc3)cc12.COc1ccc(CCN(C)CCCC(C#N)(c2ccc(OC)c(OC)c2)C(C)C)cc1OC. The number of aromatic amines is 1. The van der Waals surface area contributed by atoms with Crippen LogP contribution in [0.2, 0.25) is 0 Å². The van der Waals surface area contributed by atoms with E-state index >= 15 is 0 Å². The molecule has 11 heteroatoms. The summed E-state index contributed by atoms with van der Waals surface area (Å²) in [5.41, 5.74) is 5.13. The van der Waals surface area contributed by atoms with Crippen LogP contribution in [-0.4, -0.2) is 97.2 Å². The van der Waals surface area contributed by atoms with Crippen molar-refractivity contribution in [1.82, 2.24) is 14.8 Å². The smallest absolute Gasteiger partial charge is 0.178 e. The first-order valence-corrected chi connectivity index (χ1v) is 22.6. The van der Waals surface area contributed by atoms with E-state index < -0.39 is 15.3 Å². The third-order valence-electron chi connectivity index (χ3n) is 12.1. The lowest BCUT2D eigenvalue weighted by Crippen LogP contribution is -2.32. The third-order valence-corrected chi connectivity index (χ3v) is 13.9. The molecule has 0 aliphatic carbocycles. The first-order chi connectivity index (χ1) is 28.9. The molecule has 0 spiro atoms. The minimum atomic E-state index is -3.25. The number of sulfone groups is 1. The van der Waals surface area contributed by atoms with Crippen LogP contribution in [0.1, 0.15) is 61.8 Å². The van der Waals surface area contributed by atoms with Crippen LogP contribution in [0.5, 0.6) is 23.0 Å². The quantitative estimate of drug-likeness (QED) is 0.0871. The molecule has 2 heterocycles. The molecule has 2 atom stereocenters. The maximum atomic E-state index is 12.5. The summed E-state index contributed by atoms with van der Waals surface area (Å²) in [5, 5.41) is 11.5. The fourth-order valence-corrected chi connectivity index (χ4v) is 9.58. The van der Waals surface area contributed by atoms with Gasteiger partial charge in [-0.3, -0.25) is 0 Å². The number of ether oxygens (including phenoxy) is 4. The summed E-state index contributed by atoms with van der Waals surface area (Å²) >= 11 is 0. The van der Waals surface area contributed by atoms with Crippen molar-refractivity contribution in [1.29, 1.82) is 5.26 Å². The van der Waals surface area contributed by atoms with E-state index in [1.165, 1.54) is 35.9 Å². The second-order valence-electron chi connectivity index (χ2n) is 16.2. The predicted octanol–water partition coefficient (Wildman–Crippen LogP) is 8.91. The van der Waals surface area contributed by atoms with Crippen molar-refractivity contribution in [3.63, 3.8) is 0 Å². The van der Waals surface area contributed by atoms with Gasteiger partial charge in [0.1, 0.15) is 0 Å². The molecule has 1 N–H and O–H groups in total. The zero-order chi connectivity index (χ0) is 43.3. The summed E-state index contributed by atoms with van der Waals surface area (Å²) < 4.78 is 46.7. The predicted molar refractivity (Wildman–Crippen MR) is 242 cm³/mol. The molecular weight excluding hydrogens is 773 g/mol. The average molecular weight is 837 g/mol. The highest BCUT2D eigenvalue weighted by Crippen LogP contribution is 2.40. The Morgan fingerprint density at radius 2 is 1.50 bits per heavy atom. The number of aromatic nitrogens is 1. The fraction of sp³-hybridized carbons (Fsp3) is 0.449. The highest BCUT2D eigenvalue weighted by Gasteiger charge is 2.36. The molecule has 0 saturated carbocycles. The van der Waals surface area contributed by atoms with Crippen LogP contribution in [0.25, 0.3) is 10.9 Å². The number of benzene rings is 4. The standard InChI is InChI=1S/C27H38N2O4.C22H26N2O2S/c1-20(2)27(19-28,22-10-12-24(31-5)26(18-22)33-7)14-8-15-29(3)16-13-21-9-11-23(30-4)25(17-21)32-6;1-24-12-5-6-19(24)15-18-16-23-22-10-9-17(14-21(18)22)11-13-27(25,26)20-7-3-2-4-8-20/h9-12,17-18,20H,8,13-16H2,1-7H3;2-4,7-10,14,16,19,23H,5-6,11-13,15H2,1H3/t;19-/m.1/s1. The molecule has 1 saturated heterocycles. The number of rotatable bonds is 19. The molecule has 60 heavy (non-hydrogen) atoms. The molecule has 0 bridgehead atoms. The van der Waals surface area contributed by atoms with Crippen molar-refractivity contribution < 1.29 is 27.4 Å². The number of nitriles is 1. The van der Waals surface area contributed by atoms with Gasteiger partial charge in [-0.25, -0.2) is 8.42 Å². The molecule has 5 aromatic rings. The molecular formula is C49H64N4O6S. The van der Waals surface area contributed by atoms with Crippen LogP contribution < -0.4 is 18.9 Å². The molecule has 0 radical (unpaired) electrons. The lowest BCUT2D eigenvalue weighted by Gasteiger charge is -2.32. The summed E-state index contributed by atoms with van der Waals surface area (Å²) in [7, 11) is 7.62. The molecule has 6 rings (SSSR count). The van der Waals surface area contributed by atoms with Gasteiger partial charge < -0.3 is 33.7 Å². The number of hydrogen-bond acceptors (Lipinski definition) is 9. The number of fused-ring (bicyclic) bond motifs is 1. The Hall–Kier alpha value is -5.02. The van der Waals surface area contributed by atoms with E-state index in [0.717, 1.165) is 66.9 Å². The van der Waals surface area contributed by atoms with Crippen molar-refractivity contribution in [3.8, 4) is 29.1 Å². The Morgan fingerprint density at radius 1 is 0.850 bits per heavy atom. The number of H-pyrrole nitrogens is 1. The minimum absolute atomic E-state index is 0.133. The molecule has 10 nitrogen and oxygen atoms in total. The van der Waals surface area contributed by atoms with Crippen molar-refractivity contribution in [2.24, 2.45) is 5.92 Å². The molecule has 0 amide bonds. The van der Waals surface area contributed by atoms with E-state index in [1.807, 2.05) is 42.5 Å². The number of likely N-dealkylation sites (N-methyl/N-ethyl adjacent to an activating group) is 2. The minimum Gasteiger partial charge on any atom is -0.493 e. The second kappa shape index (κ2) is 21.5. The summed E-state index contributed by atoms with van der Waals surface area (Å²) in [6.07, 6.45) is 8.81. The Morgan fingerprint density at radius 3 is 2.13 bits per heavy atom. The van der Waals surface area contributed by atoms with Crippen LogP contribution in [0.15, 0.2) is 96.0 Å².